The average molecular weight is 537 g/mol. The normalized spacial score (nSPS) is 12.1. The van der Waals surface area contributed by atoms with Crippen LogP contribution in [0.3, 0.4) is 0 Å². The van der Waals surface area contributed by atoms with Gasteiger partial charge in [0.1, 0.15) is 0 Å². The number of alkyl halides is 3. The van der Waals surface area contributed by atoms with Crippen molar-refractivity contribution in [1.82, 2.24) is 14.2 Å². The first-order valence-electron chi connectivity index (χ1n) is 12.6. The van der Waals surface area contributed by atoms with E-state index < -0.39 is 17.3 Å². The van der Waals surface area contributed by atoms with Crippen molar-refractivity contribution < 1.29 is 13.2 Å². The van der Waals surface area contributed by atoms with Crippen LogP contribution in [0.2, 0.25) is 0 Å². The molecule has 4 aromatic carbocycles. The van der Waals surface area contributed by atoms with Crippen LogP contribution in [0.4, 0.5) is 13.2 Å². The van der Waals surface area contributed by atoms with Crippen LogP contribution in [0, 0.1) is 13.8 Å². The van der Waals surface area contributed by atoms with Gasteiger partial charge in [-0.25, -0.2) is 4.98 Å². The number of benzene rings is 4. The molecule has 0 fully saturated rings. The van der Waals surface area contributed by atoms with Gasteiger partial charge in [-0.05, 0) is 55.6 Å². The Bertz CT molecular complexity index is 2000. The number of hydrogen-bond acceptors (Lipinski definition) is 3. The Morgan fingerprint density at radius 1 is 0.825 bits per heavy atom. The molecule has 0 saturated heterocycles. The molecule has 0 radical (unpaired) electrons. The van der Waals surface area contributed by atoms with Gasteiger partial charge >= 0.3 is 6.18 Å². The van der Waals surface area contributed by atoms with E-state index in [1.165, 1.54) is 12.1 Å². The zero-order valence-electron chi connectivity index (χ0n) is 21.6. The van der Waals surface area contributed by atoms with Gasteiger partial charge in [0.2, 0.25) is 0 Å². The van der Waals surface area contributed by atoms with E-state index in [2.05, 4.69) is 32.9 Å². The van der Waals surface area contributed by atoms with Crippen molar-refractivity contribution in [2.45, 2.75) is 20.0 Å². The van der Waals surface area contributed by atoms with Gasteiger partial charge in [-0.2, -0.15) is 22.9 Å². The summed E-state index contributed by atoms with van der Waals surface area (Å²) in [5, 5.41) is 7.01. The predicted molar refractivity (Wildman–Crippen MR) is 152 cm³/mol. The van der Waals surface area contributed by atoms with Gasteiger partial charge < -0.3 is 4.57 Å². The SMILES string of the molecule is Cc1cc(C=Nn2c(-c3cccc(C(F)(F)F)c3)nc3ccccc3c2=O)c(C)n1-c1cccc2ccccc12. The van der Waals surface area contributed by atoms with Crippen LogP contribution < -0.4 is 5.56 Å². The van der Waals surface area contributed by atoms with Crippen LogP contribution in [0.15, 0.2) is 107 Å². The fourth-order valence-corrected chi connectivity index (χ4v) is 5.06. The molecule has 0 saturated carbocycles. The zero-order chi connectivity index (χ0) is 28.0. The van der Waals surface area contributed by atoms with Crippen LogP contribution >= 0.6 is 0 Å². The van der Waals surface area contributed by atoms with Crippen LogP contribution in [0.25, 0.3) is 38.8 Å². The molecule has 6 aromatic rings. The molecule has 40 heavy (non-hydrogen) atoms. The first-order chi connectivity index (χ1) is 19.2. The minimum absolute atomic E-state index is 0.0221. The summed E-state index contributed by atoms with van der Waals surface area (Å²) in [6.07, 6.45) is -2.99. The van der Waals surface area contributed by atoms with Crippen molar-refractivity contribution in [3.8, 4) is 17.1 Å². The van der Waals surface area contributed by atoms with Gasteiger partial charge in [-0.1, -0.05) is 60.7 Å². The highest BCUT2D eigenvalue weighted by molar-refractivity contribution is 5.91. The molecule has 8 heteroatoms. The Kier molecular flexibility index (Phi) is 6.10. The number of para-hydroxylation sites is 1. The number of rotatable bonds is 4. The Balaban J connectivity index is 1.51. The minimum atomic E-state index is -4.54. The maximum absolute atomic E-state index is 13.5. The second-order valence-electron chi connectivity index (χ2n) is 9.55. The van der Waals surface area contributed by atoms with Gasteiger partial charge in [-0.15, -0.1) is 0 Å². The van der Waals surface area contributed by atoms with E-state index in [1.807, 2.05) is 44.2 Å². The molecule has 2 aromatic heterocycles. The van der Waals surface area contributed by atoms with Crippen LogP contribution in [-0.4, -0.2) is 20.4 Å². The Morgan fingerprint density at radius 2 is 1.52 bits per heavy atom. The summed E-state index contributed by atoms with van der Waals surface area (Å²) in [4.78, 5) is 18.1. The summed E-state index contributed by atoms with van der Waals surface area (Å²) in [6, 6.07) is 27.7. The van der Waals surface area contributed by atoms with E-state index in [1.54, 1.807) is 30.5 Å². The summed E-state index contributed by atoms with van der Waals surface area (Å²) >= 11 is 0. The Morgan fingerprint density at radius 3 is 2.33 bits per heavy atom. The summed E-state index contributed by atoms with van der Waals surface area (Å²) in [6.45, 7) is 3.95. The highest BCUT2D eigenvalue weighted by atomic mass is 19.4. The van der Waals surface area contributed by atoms with Crippen molar-refractivity contribution in [3.05, 3.63) is 130 Å². The van der Waals surface area contributed by atoms with E-state index in [-0.39, 0.29) is 11.4 Å². The number of aryl methyl sites for hydroxylation is 1. The first kappa shape index (κ1) is 25.3. The average Bonchev–Trinajstić information content (AvgIpc) is 3.24. The third-order valence-corrected chi connectivity index (χ3v) is 6.99. The van der Waals surface area contributed by atoms with Gasteiger partial charge in [0.25, 0.3) is 5.56 Å². The predicted octanol–water partition coefficient (Wildman–Crippen LogP) is 7.53. The molecule has 0 bridgehead atoms. The summed E-state index contributed by atoms with van der Waals surface area (Å²) < 4.78 is 43.7. The molecule has 0 spiro atoms. The number of fused-ring (bicyclic) bond motifs is 2. The second-order valence-corrected chi connectivity index (χ2v) is 9.55. The van der Waals surface area contributed by atoms with Crippen LogP contribution in [-0.2, 0) is 6.18 Å². The molecule has 0 atom stereocenters. The highest BCUT2D eigenvalue weighted by Crippen LogP contribution is 2.32. The molecule has 198 valence electrons. The lowest BCUT2D eigenvalue weighted by Crippen LogP contribution is -2.20. The second kappa shape index (κ2) is 9.64. The van der Waals surface area contributed by atoms with Crippen molar-refractivity contribution in [2.75, 3.05) is 0 Å². The lowest BCUT2D eigenvalue weighted by atomic mass is 10.1. The van der Waals surface area contributed by atoms with Crippen molar-refractivity contribution in [2.24, 2.45) is 5.10 Å². The fraction of sp³-hybridized carbons (Fsp3) is 0.0938. The van der Waals surface area contributed by atoms with E-state index in [0.29, 0.717) is 10.9 Å². The van der Waals surface area contributed by atoms with Crippen molar-refractivity contribution in [1.29, 1.82) is 0 Å². The van der Waals surface area contributed by atoms with Gasteiger partial charge in [-0.3, -0.25) is 4.79 Å². The maximum atomic E-state index is 13.5. The Labute approximate surface area is 227 Å². The van der Waals surface area contributed by atoms with E-state index in [9.17, 15) is 18.0 Å². The third kappa shape index (κ3) is 4.37. The van der Waals surface area contributed by atoms with Gasteiger partial charge in [0.05, 0.1) is 28.4 Å². The largest absolute Gasteiger partial charge is 0.416 e. The topological polar surface area (TPSA) is 52.2 Å². The minimum Gasteiger partial charge on any atom is -0.317 e. The molecule has 0 unspecified atom stereocenters. The quantitative estimate of drug-likeness (QED) is 0.219. The fourth-order valence-electron chi connectivity index (χ4n) is 5.06. The monoisotopic (exact) mass is 536 g/mol. The van der Waals surface area contributed by atoms with Crippen molar-refractivity contribution >= 4 is 27.9 Å². The van der Waals surface area contributed by atoms with Gasteiger partial charge in [0, 0.05) is 27.9 Å². The Hall–Kier alpha value is -4.98. The molecular weight excluding hydrogens is 513 g/mol. The number of aromatic nitrogens is 3. The smallest absolute Gasteiger partial charge is 0.317 e. The zero-order valence-corrected chi connectivity index (χ0v) is 21.6. The molecule has 0 aliphatic carbocycles. The molecule has 0 aliphatic heterocycles. The van der Waals surface area contributed by atoms with E-state index >= 15 is 0 Å². The van der Waals surface area contributed by atoms with Crippen LogP contribution in [0.1, 0.15) is 22.5 Å². The number of halogens is 3. The van der Waals surface area contributed by atoms with E-state index in [4.69, 9.17) is 0 Å². The number of hydrogen-bond donors (Lipinski definition) is 0. The lowest BCUT2D eigenvalue weighted by Gasteiger charge is -2.13. The standard InChI is InChI=1S/C32H23F3N4O/c1-20-17-24(21(2)38(20)29-16-8-10-22-9-3-4-13-26(22)29)19-36-39-30(23-11-7-12-25(18-23)32(33,34)35)37-28-15-6-5-14-27(28)31(39)40/h3-19H,1-2H3. The molecule has 2 heterocycles. The first-order valence-corrected chi connectivity index (χ1v) is 12.6. The lowest BCUT2D eigenvalue weighted by molar-refractivity contribution is -0.137. The third-order valence-electron chi connectivity index (χ3n) is 6.99. The summed E-state index contributed by atoms with van der Waals surface area (Å²) in [5.74, 6) is 0.0221. The highest BCUT2D eigenvalue weighted by Gasteiger charge is 2.31. The van der Waals surface area contributed by atoms with Crippen LogP contribution in [0.5, 0.6) is 0 Å². The molecule has 0 N–H and O–H groups in total. The maximum Gasteiger partial charge on any atom is 0.416 e. The number of nitrogens with zero attached hydrogens (tertiary/aromatic N) is 4. The molecular formula is C32H23F3N4O. The summed E-state index contributed by atoms with van der Waals surface area (Å²) in [7, 11) is 0. The van der Waals surface area contributed by atoms with Gasteiger partial charge in [0.15, 0.2) is 5.82 Å². The molecule has 6 rings (SSSR count). The van der Waals surface area contributed by atoms with E-state index in [0.717, 1.165) is 50.2 Å². The molecule has 0 aliphatic rings. The molecule has 5 nitrogen and oxygen atoms in total. The summed E-state index contributed by atoms with van der Waals surface area (Å²) in [5.41, 5.74) is 2.86. The van der Waals surface area contributed by atoms with Crippen molar-refractivity contribution in [3.63, 3.8) is 0 Å². The molecule has 0 amide bonds.